The van der Waals surface area contributed by atoms with Crippen molar-refractivity contribution < 1.29 is 82.1 Å². The average Bonchev–Trinajstić information content (AvgIpc) is 0.982. The summed E-state index contributed by atoms with van der Waals surface area (Å²) >= 11 is 0. The van der Waals surface area contributed by atoms with E-state index in [9.17, 15) is 72.5 Å². The Hall–Kier alpha value is -9.61. The minimum atomic E-state index is -1.97. The molecule has 36 nitrogen and oxygen atoms in total. The van der Waals surface area contributed by atoms with Crippen molar-refractivity contribution in [3.8, 4) is 0 Å². The molecule has 0 spiro atoms. The van der Waals surface area contributed by atoms with Gasteiger partial charge >= 0.3 is 5.97 Å². The van der Waals surface area contributed by atoms with Crippen LogP contribution in [-0.2, 0) is 84.8 Å². The molecule has 36 heteroatoms. The summed E-state index contributed by atoms with van der Waals surface area (Å²) in [5.41, 5.74) is 19.1. The Kier molecular flexibility index (Phi) is 35.1. The number of rotatable bonds is 35. The van der Waals surface area contributed by atoms with Crippen LogP contribution < -0.4 is 81.4 Å². The number of carbonyl (C=O) groups is 15. The lowest BCUT2D eigenvalue weighted by molar-refractivity contribution is -0.141. The summed E-state index contributed by atoms with van der Waals surface area (Å²) in [6.45, 7) is 10.3. The van der Waals surface area contributed by atoms with E-state index in [4.69, 9.17) is 22.9 Å². The number of aliphatic carboxylic acids is 1. The first-order valence-electron chi connectivity index (χ1n) is 33.3. The Morgan fingerprint density at radius 2 is 1.13 bits per heavy atom. The number of nitrogens with two attached hydrogens (primary N) is 4. The summed E-state index contributed by atoms with van der Waals surface area (Å²) in [6, 6.07) is -13.9. The van der Waals surface area contributed by atoms with Crippen molar-refractivity contribution in [2.45, 2.75) is 242 Å². The van der Waals surface area contributed by atoms with Crippen LogP contribution in [0, 0.1) is 11.8 Å². The van der Waals surface area contributed by atoms with E-state index in [1.165, 1.54) is 45.8 Å². The average molecular weight is 1400 g/mol. The van der Waals surface area contributed by atoms with Gasteiger partial charge in [-0.1, -0.05) is 66.2 Å². The second-order valence-corrected chi connectivity index (χ2v) is 26.2. The number of amides is 14. The monoisotopic (exact) mass is 1400 g/mol. The SMILES string of the molecule is CC(=O)N[C@@H](Cc1cnc[nH]1)C(=O)N[C@@H](CCCCN)C(=O)N[C@@]1(C)CCCCCCCC[C@@](C)(C(=O)N[C@@H](CC(C)C)C(=O)N[C@@H](CCC(N)=O)C(=O)N[C@@H](CC(=O)O)C(=O)N[C@@H](CO)C(N)=O)NC(=O)[C@H](CCC(N)=O)NC(=O)[C@H](Cc2cnc[nH]2)NC(=O)[C@H](CC(C)C)NC1=O. The van der Waals surface area contributed by atoms with E-state index < -0.39 is 193 Å². The number of carboxylic acid groups (broad SMARTS) is 1. The zero-order valence-corrected chi connectivity index (χ0v) is 57.4. The molecular weight excluding hydrogens is 1290 g/mol. The van der Waals surface area contributed by atoms with Crippen LogP contribution in [-0.4, -0.2) is 197 Å². The Labute approximate surface area is 574 Å². The molecule has 0 radical (unpaired) electrons. The van der Waals surface area contributed by atoms with E-state index in [1.807, 2.05) is 5.32 Å². The molecule has 0 unspecified atom stereocenters. The fourth-order valence-corrected chi connectivity index (χ4v) is 10.9. The number of hydrogen-bond acceptors (Lipinski definition) is 19. The largest absolute Gasteiger partial charge is 0.481 e. The van der Waals surface area contributed by atoms with Crippen molar-refractivity contribution in [1.82, 2.24) is 78.4 Å². The van der Waals surface area contributed by atoms with Gasteiger partial charge in [-0.05, 0) is 90.0 Å². The van der Waals surface area contributed by atoms with Crippen molar-refractivity contribution in [3.05, 3.63) is 36.4 Å². The van der Waals surface area contributed by atoms with Crippen LogP contribution >= 0.6 is 0 Å². The van der Waals surface area contributed by atoms with Gasteiger partial charge in [-0.15, -0.1) is 0 Å². The maximum absolute atomic E-state index is 15.0. The second kappa shape index (κ2) is 41.6. The minimum absolute atomic E-state index is 0.00319. The van der Waals surface area contributed by atoms with Crippen LogP contribution in [0.5, 0.6) is 0 Å². The predicted octanol–water partition coefficient (Wildman–Crippen LogP) is -4.11. The van der Waals surface area contributed by atoms with Crippen molar-refractivity contribution in [3.63, 3.8) is 0 Å². The van der Waals surface area contributed by atoms with Gasteiger partial charge in [0, 0.05) is 56.4 Å². The zero-order valence-electron chi connectivity index (χ0n) is 57.4. The maximum atomic E-state index is 15.0. The van der Waals surface area contributed by atoms with Gasteiger partial charge in [-0.3, -0.25) is 71.9 Å². The number of aliphatic hydroxyl groups excluding tert-OH is 1. The fraction of sp³-hybridized carbons (Fsp3) is 0.667. The standard InChI is InChI=1S/C63H103N19O17/c1-34(2)24-42(53(91)74-40(17-19-48(65)85)52(90)77-46(28-50(87)88)57(95)78-47(31-83)51(67)89)79-61(99)63(7)22-14-11-9-8-10-13-21-62(6,81-58(96)39(16-12-15-23-64)73-55(93)44(72-36(5)84)26-37-29-68-32-70-37)60(98)80-43(25-35(3)4)54(92)76-45(27-38-30-69-33-71-38)56(94)75-41(59(97)82-63)18-20-49(66)86/h29-30,32-35,39-47,83H,8-28,31,64H2,1-7H3,(H2,65,85)(H2,66,86)(H2,67,89)(H,68,70)(H,69,71)(H,72,84)(H,73,93)(H,74,91)(H,75,94)(H,76,92)(H,77,90)(H,78,95)(H,79,99)(H,80,98)(H,81,96)(H,82,97)(H,87,88)/t39-,40-,41-,42-,43-,44-,45-,46-,47-,62-,63-/m0/s1. The van der Waals surface area contributed by atoms with Crippen molar-refractivity contribution in [1.29, 1.82) is 0 Å². The number of hydrogen-bond donors (Lipinski definition) is 19. The van der Waals surface area contributed by atoms with Crippen LogP contribution in [0.3, 0.4) is 0 Å². The molecule has 1 saturated heterocycles. The highest BCUT2D eigenvalue weighted by atomic mass is 16.4. The van der Waals surface area contributed by atoms with Crippen LogP contribution in [0.2, 0.25) is 0 Å². The Morgan fingerprint density at radius 1 is 0.596 bits per heavy atom. The Balaban J connectivity index is 2.15. The molecule has 0 aromatic carbocycles. The lowest BCUT2D eigenvalue weighted by Crippen LogP contribution is -2.65. The number of imidazole rings is 2. The van der Waals surface area contributed by atoms with E-state index in [1.54, 1.807) is 27.7 Å². The highest BCUT2D eigenvalue weighted by Crippen LogP contribution is 2.23. The van der Waals surface area contributed by atoms with Gasteiger partial charge in [0.05, 0.1) is 25.7 Å². The molecule has 0 bridgehead atoms. The van der Waals surface area contributed by atoms with Crippen molar-refractivity contribution in [2.75, 3.05) is 13.2 Å². The molecule has 552 valence electrons. The third kappa shape index (κ3) is 30.0. The normalized spacial score (nSPS) is 20.9. The zero-order chi connectivity index (χ0) is 74.2. The molecule has 11 atom stereocenters. The quantitative estimate of drug-likeness (QED) is 0.0292. The Morgan fingerprint density at radius 3 is 1.68 bits per heavy atom. The van der Waals surface area contributed by atoms with Gasteiger partial charge in [0.25, 0.3) is 0 Å². The number of carbonyl (C=O) groups excluding carboxylic acids is 14. The van der Waals surface area contributed by atoms with Crippen molar-refractivity contribution >= 4 is 88.7 Å². The lowest BCUT2D eigenvalue weighted by atomic mass is 9.89. The topological polar surface area (TPSA) is 590 Å². The number of nitrogens with zero attached hydrogens (tertiary/aromatic N) is 2. The van der Waals surface area contributed by atoms with E-state index in [-0.39, 0.29) is 69.7 Å². The third-order valence-electron chi connectivity index (χ3n) is 16.4. The first-order valence-corrected chi connectivity index (χ1v) is 33.3. The van der Waals surface area contributed by atoms with Gasteiger partial charge in [-0.2, -0.15) is 0 Å². The number of nitrogens with one attached hydrogen (secondary N) is 13. The Bertz CT molecular complexity index is 3080. The number of H-pyrrole nitrogens is 2. The number of unbranched alkanes of at least 4 members (excludes halogenated alkanes) is 1. The number of carboxylic acids is 1. The first-order chi connectivity index (χ1) is 46.6. The molecule has 14 amide bonds. The molecule has 3 heterocycles. The van der Waals surface area contributed by atoms with Crippen LogP contribution in [0.1, 0.15) is 175 Å². The van der Waals surface area contributed by atoms with Gasteiger partial charge in [0.15, 0.2) is 0 Å². The van der Waals surface area contributed by atoms with Gasteiger partial charge in [0.1, 0.15) is 65.5 Å². The molecule has 0 aliphatic carbocycles. The molecule has 1 aliphatic rings. The van der Waals surface area contributed by atoms with Gasteiger partial charge in [-0.25, -0.2) is 9.97 Å². The van der Waals surface area contributed by atoms with E-state index in [0.29, 0.717) is 56.3 Å². The second-order valence-electron chi connectivity index (χ2n) is 26.2. The number of aromatic amines is 2. The highest BCUT2D eigenvalue weighted by molar-refractivity contribution is 6.01. The number of aromatic nitrogens is 4. The molecule has 3 rings (SSSR count). The summed E-state index contributed by atoms with van der Waals surface area (Å²) in [7, 11) is 0. The van der Waals surface area contributed by atoms with E-state index >= 15 is 9.59 Å². The van der Waals surface area contributed by atoms with Crippen LogP contribution in [0.15, 0.2) is 25.0 Å². The molecule has 0 saturated carbocycles. The predicted molar refractivity (Wildman–Crippen MR) is 355 cm³/mol. The summed E-state index contributed by atoms with van der Waals surface area (Å²) in [6.07, 6.45) is 5.27. The highest BCUT2D eigenvalue weighted by Gasteiger charge is 2.43. The van der Waals surface area contributed by atoms with Crippen LogP contribution in [0.25, 0.3) is 0 Å². The molecule has 23 N–H and O–H groups in total. The number of primary amides is 3. The van der Waals surface area contributed by atoms with Crippen molar-refractivity contribution in [2.24, 2.45) is 34.8 Å². The molecule has 99 heavy (non-hydrogen) atoms. The molecule has 2 aromatic heterocycles. The summed E-state index contributed by atoms with van der Waals surface area (Å²) in [5, 5.41) is 47.6. The first kappa shape index (κ1) is 83.6. The van der Waals surface area contributed by atoms with E-state index in [2.05, 4.69) is 73.1 Å². The lowest BCUT2D eigenvalue weighted by Gasteiger charge is -2.34. The molecule has 1 aliphatic heterocycles. The molecule has 2 aromatic rings. The third-order valence-corrected chi connectivity index (χ3v) is 16.4. The smallest absolute Gasteiger partial charge is 0.305 e. The summed E-state index contributed by atoms with van der Waals surface area (Å²) in [5.74, 6) is -15.4. The van der Waals surface area contributed by atoms with Crippen LogP contribution in [0.4, 0.5) is 0 Å². The summed E-state index contributed by atoms with van der Waals surface area (Å²) < 4.78 is 0. The molecule has 1 fully saturated rings. The van der Waals surface area contributed by atoms with E-state index in [0.717, 1.165) is 0 Å². The minimum Gasteiger partial charge on any atom is -0.481 e. The maximum Gasteiger partial charge on any atom is 0.305 e. The fourth-order valence-electron chi connectivity index (χ4n) is 10.9. The molecular formula is C63H103N19O17. The number of aliphatic hydroxyl groups is 1. The van der Waals surface area contributed by atoms with Gasteiger partial charge < -0.3 is 102 Å². The van der Waals surface area contributed by atoms with Gasteiger partial charge in [0.2, 0.25) is 82.7 Å². The summed E-state index contributed by atoms with van der Waals surface area (Å²) in [4.78, 5) is 219.